The Morgan fingerprint density at radius 3 is 1.53 bits per heavy atom. The predicted octanol–water partition coefficient (Wildman–Crippen LogP) is 10.2. The van der Waals surface area contributed by atoms with Crippen LogP contribution in [-0.4, -0.2) is 14.8 Å². The molecule has 0 unspecified atom stereocenters. The molecule has 0 fully saturated rings. The Morgan fingerprint density at radius 2 is 0.974 bits per heavy atom. The smallest absolute Gasteiger partial charge is 0.160 e. The molecule has 0 saturated carbocycles. The van der Waals surface area contributed by atoms with Crippen molar-refractivity contribution in [3.8, 4) is 39.6 Å². The molecule has 0 N–H and O–H groups in total. The number of para-hydroxylation sites is 1. The molecule has 4 aromatic carbocycles. The molecule has 0 atom stereocenters. The Kier molecular flexibility index (Phi) is 18.9. The van der Waals surface area contributed by atoms with E-state index in [2.05, 4.69) is 75.4 Å². The van der Waals surface area contributed by atoms with Gasteiger partial charge in [-0.3, -0.25) is 0 Å². The second-order valence-corrected chi connectivity index (χ2v) is 6.71. The van der Waals surface area contributed by atoms with Gasteiger partial charge in [-0.25, -0.2) is 0 Å². The first-order valence-corrected chi connectivity index (χ1v) is 13.5. The summed E-state index contributed by atoms with van der Waals surface area (Å²) < 4.78 is 2.10. The monoisotopic (exact) mass is 685 g/mol. The van der Waals surface area contributed by atoms with E-state index in [0.29, 0.717) is 0 Å². The SMILES string of the molecule is CC.CC.CC.CC.[Ir].[c-]1ccccc1-c1nnc(-c2ccccc2-c2ccccc2)n1-c1ccccc1. The molecular weight excluding hydrogens is 643 g/mol. The number of hydrogen-bond donors (Lipinski definition) is 0. The topological polar surface area (TPSA) is 30.7 Å². The molecule has 5 rings (SSSR count). The van der Waals surface area contributed by atoms with Crippen LogP contribution < -0.4 is 0 Å². The standard InChI is InChI=1S/C26H18N3.4C2H6.Ir/c1-4-12-20(13-5-1)23-18-10-11-19-24(23)26-28-27-25(21-14-6-2-7-15-21)29(26)22-16-8-3-9-17-22;4*1-2;/h1-14,16-19H;4*1-2H3;/q-1;;;;;. The van der Waals surface area contributed by atoms with Gasteiger partial charge in [-0.2, -0.15) is 5.10 Å². The minimum absolute atomic E-state index is 0. The molecule has 0 aliphatic heterocycles. The largest absolute Gasteiger partial charge is 0.316 e. The van der Waals surface area contributed by atoms with E-state index in [1.807, 2.05) is 110 Å². The van der Waals surface area contributed by atoms with Crippen LogP contribution in [0, 0.1) is 6.07 Å². The maximum atomic E-state index is 4.62. The molecule has 1 heterocycles. The molecule has 0 amide bonds. The fraction of sp³-hybridized carbons (Fsp3) is 0.235. The molecule has 1 aromatic heterocycles. The van der Waals surface area contributed by atoms with Crippen molar-refractivity contribution in [3.63, 3.8) is 0 Å². The minimum Gasteiger partial charge on any atom is -0.316 e. The van der Waals surface area contributed by atoms with Crippen LogP contribution in [-0.2, 0) is 20.1 Å². The molecule has 0 bridgehead atoms. The first kappa shape index (κ1) is 34.7. The molecule has 0 spiro atoms. The van der Waals surface area contributed by atoms with Gasteiger partial charge in [-0.15, -0.1) is 41.0 Å². The molecule has 4 heteroatoms. The van der Waals surface area contributed by atoms with Crippen molar-refractivity contribution in [3.05, 3.63) is 115 Å². The van der Waals surface area contributed by atoms with Gasteiger partial charge in [-0.1, -0.05) is 128 Å². The first-order chi connectivity index (χ1) is 18.4. The van der Waals surface area contributed by atoms with Gasteiger partial charge in [-0.05, 0) is 23.3 Å². The van der Waals surface area contributed by atoms with E-state index in [-0.39, 0.29) is 20.1 Å². The van der Waals surface area contributed by atoms with E-state index in [1.165, 1.54) is 0 Å². The van der Waals surface area contributed by atoms with Gasteiger partial charge >= 0.3 is 0 Å². The third-order valence-electron chi connectivity index (χ3n) is 4.88. The summed E-state index contributed by atoms with van der Waals surface area (Å²) in [6, 6.07) is 40.1. The summed E-state index contributed by atoms with van der Waals surface area (Å²) in [5, 5.41) is 9.17. The Bertz CT molecular complexity index is 1230. The summed E-state index contributed by atoms with van der Waals surface area (Å²) >= 11 is 0. The summed E-state index contributed by atoms with van der Waals surface area (Å²) in [6.07, 6.45) is 0. The van der Waals surface area contributed by atoms with Gasteiger partial charge in [0.05, 0.1) is 5.82 Å². The number of nitrogens with zero attached hydrogens (tertiary/aromatic N) is 3. The van der Waals surface area contributed by atoms with E-state index in [4.69, 9.17) is 0 Å². The van der Waals surface area contributed by atoms with E-state index in [0.717, 1.165) is 39.6 Å². The molecule has 38 heavy (non-hydrogen) atoms. The fourth-order valence-corrected chi connectivity index (χ4v) is 3.53. The van der Waals surface area contributed by atoms with Crippen molar-refractivity contribution >= 4 is 0 Å². The van der Waals surface area contributed by atoms with Gasteiger partial charge in [0.25, 0.3) is 0 Å². The van der Waals surface area contributed by atoms with Crippen molar-refractivity contribution < 1.29 is 20.1 Å². The summed E-state index contributed by atoms with van der Waals surface area (Å²) in [7, 11) is 0. The molecule has 5 aromatic rings. The average molecular weight is 685 g/mol. The minimum atomic E-state index is 0. The molecule has 0 aliphatic carbocycles. The average Bonchev–Trinajstić information content (AvgIpc) is 3.48. The molecule has 3 nitrogen and oxygen atoms in total. The van der Waals surface area contributed by atoms with Crippen LogP contribution in [0.25, 0.3) is 39.6 Å². The second-order valence-electron chi connectivity index (χ2n) is 6.71. The Labute approximate surface area is 244 Å². The van der Waals surface area contributed by atoms with Crippen molar-refractivity contribution in [2.24, 2.45) is 0 Å². The van der Waals surface area contributed by atoms with Crippen LogP contribution in [0.1, 0.15) is 55.4 Å². The first-order valence-electron chi connectivity index (χ1n) is 13.5. The van der Waals surface area contributed by atoms with Crippen LogP contribution in [0.5, 0.6) is 0 Å². The van der Waals surface area contributed by atoms with Crippen LogP contribution >= 0.6 is 0 Å². The molecule has 1 radical (unpaired) electrons. The number of benzene rings is 4. The van der Waals surface area contributed by atoms with Crippen molar-refractivity contribution in [2.75, 3.05) is 0 Å². The third-order valence-corrected chi connectivity index (χ3v) is 4.88. The van der Waals surface area contributed by atoms with Crippen molar-refractivity contribution in [1.29, 1.82) is 0 Å². The number of aromatic nitrogens is 3. The Balaban J connectivity index is 0.00000140. The van der Waals surface area contributed by atoms with Gasteiger partial charge in [0, 0.05) is 31.4 Å². The Hall–Kier alpha value is -3.33. The van der Waals surface area contributed by atoms with Crippen LogP contribution in [0.4, 0.5) is 0 Å². The number of hydrogen-bond acceptors (Lipinski definition) is 2. The van der Waals surface area contributed by atoms with Gasteiger partial charge in [0.1, 0.15) is 0 Å². The molecule has 203 valence electrons. The molecule has 0 aliphatic rings. The summed E-state index contributed by atoms with van der Waals surface area (Å²) in [5.41, 5.74) is 5.24. The van der Waals surface area contributed by atoms with Gasteiger partial charge in [0.2, 0.25) is 0 Å². The summed E-state index contributed by atoms with van der Waals surface area (Å²) in [5.74, 6) is 1.58. The Morgan fingerprint density at radius 1 is 0.500 bits per heavy atom. The molecular formula is C34H42IrN3-. The van der Waals surface area contributed by atoms with Gasteiger partial charge in [0.15, 0.2) is 5.82 Å². The predicted molar refractivity (Wildman–Crippen MR) is 162 cm³/mol. The van der Waals surface area contributed by atoms with E-state index in [9.17, 15) is 0 Å². The summed E-state index contributed by atoms with van der Waals surface area (Å²) in [6.45, 7) is 16.0. The van der Waals surface area contributed by atoms with Crippen LogP contribution in [0.2, 0.25) is 0 Å². The van der Waals surface area contributed by atoms with Crippen molar-refractivity contribution in [2.45, 2.75) is 55.4 Å². The fourth-order valence-electron chi connectivity index (χ4n) is 3.53. The van der Waals surface area contributed by atoms with Crippen LogP contribution in [0.15, 0.2) is 109 Å². The van der Waals surface area contributed by atoms with E-state index < -0.39 is 0 Å². The zero-order valence-corrected chi connectivity index (χ0v) is 26.5. The second kappa shape index (κ2) is 20.7. The van der Waals surface area contributed by atoms with Gasteiger partial charge < -0.3 is 4.57 Å². The normalized spacial score (nSPS) is 8.84. The maximum absolute atomic E-state index is 4.62. The maximum Gasteiger partial charge on any atom is 0.160 e. The zero-order valence-electron chi connectivity index (χ0n) is 24.1. The van der Waals surface area contributed by atoms with E-state index >= 15 is 0 Å². The zero-order chi connectivity index (χ0) is 27.5. The summed E-state index contributed by atoms with van der Waals surface area (Å²) in [4.78, 5) is 0. The quantitative estimate of drug-likeness (QED) is 0.177. The number of rotatable bonds is 4. The third kappa shape index (κ3) is 8.90. The molecule has 0 saturated heterocycles. The van der Waals surface area contributed by atoms with E-state index in [1.54, 1.807) is 0 Å². The van der Waals surface area contributed by atoms with Crippen LogP contribution in [0.3, 0.4) is 0 Å². The van der Waals surface area contributed by atoms with Crippen molar-refractivity contribution in [1.82, 2.24) is 14.8 Å².